The van der Waals surface area contributed by atoms with Gasteiger partial charge in [-0.25, -0.2) is 4.98 Å². The topological polar surface area (TPSA) is 83.8 Å². The van der Waals surface area contributed by atoms with Crippen LogP contribution in [-0.2, 0) is 9.63 Å². The molecule has 2 N–H and O–H groups in total. The molecule has 1 fully saturated rings. The molecule has 3 rings (SSSR count). The number of anilines is 1. The van der Waals surface area contributed by atoms with E-state index in [1.807, 2.05) is 30.0 Å². The van der Waals surface area contributed by atoms with Crippen LogP contribution in [0.3, 0.4) is 0 Å². The van der Waals surface area contributed by atoms with Crippen LogP contribution in [0, 0.1) is 5.13 Å². The van der Waals surface area contributed by atoms with Crippen LogP contribution in [0.2, 0.25) is 0 Å². The highest BCUT2D eigenvalue weighted by Gasteiger charge is 2.24. The van der Waals surface area contributed by atoms with Crippen LogP contribution in [0.1, 0.15) is 26.2 Å². The van der Waals surface area contributed by atoms with E-state index in [0.29, 0.717) is 17.2 Å². The highest BCUT2D eigenvalue weighted by Crippen LogP contribution is 2.39. The smallest absolute Gasteiger partial charge is 0.280 e. The van der Waals surface area contributed by atoms with E-state index in [-0.39, 0.29) is 17.5 Å². The summed E-state index contributed by atoms with van der Waals surface area (Å²) in [5, 5.41) is 15.9. The number of aliphatic hydroxyl groups is 1. The van der Waals surface area contributed by atoms with Crippen LogP contribution in [0.4, 0.5) is 9.52 Å². The Bertz CT molecular complexity index is 813. The number of thiazole rings is 1. The number of nitrogens with zero attached hydrogens (tertiary/aromatic N) is 2. The number of nitrogens with one attached hydrogen (secondary N) is 1. The molecule has 144 valence electrons. The Morgan fingerprint density at radius 2 is 2.33 bits per heavy atom. The average molecular weight is 410 g/mol. The van der Waals surface area contributed by atoms with Gasteiger partial charge in [-0.05, 0) is 32.3 Å². The molecule has 6 nitrogen and oxygen atoms in total. The van der Waals surface area contributed by atoms with Crippen LogP contribution in [0.5, 0.6) is 0 Å². The minimum atomic E-state index is -0.556. The number of hydrogen-bond acceptors (Lipinski definition) is 7. The third-order valence-electron chi connectivity index (χ3n) is 3.68. The van der Waals surface area contributed by atoms with Crippen molar-refractivity contribution < 1.29 is 19.1 Å². The Kier molecular flexibility index (Phi) is 6.81. The summed E-state index contributed by atoms with van der Waals surface area (Å²) in [7, 11) is 0. The third-order valence-corrected chi connectivity index (χ3v) is 5.76. The van der Waals surface area contributed by atoms with Gasteiger partial charge in [0, 0.05) is 15.7 Å². The van der Waals surface area contributed by atoms with Crippen LogP contribution in [0.15, 0.2) is 46.1 Å². The maximum atomic E-state index is 13.1. The molecule has 0 saturated heterocycles. The summed E-state index contributed by atoms with van der Waals surface area (Å²) in [5.41, 5.74) is 0.644. The second-order valence-electron chi connectivity index (χ2n) is 6.11. The number of carbonyl (C=O) groups excluding carboxylic acids is 1. The fraction of sp³-hybridized carbons (Fsp3) is 0.389. The Balaban J connectivity index is 1.76. The number of allylic oxidation sites excluding steroid dienone is 4. The number of aromatic nitrogens is 1. The van der Waals surface area contributed by atoms with Gasteiger partial charge in [-0.15, -0.1) is 11.8 Å². The lowest BCUT2D eigenvalue weighted by Gasteiger charge is -2.10. The summed E-state index contributed by atoms with van der Waals surface area (Å²) in [6.07, 6.45) is 11.4. The van der Waals surface area contributed by atoms with Gasteiger partial charge in [0.2, 0.25) is 0 Å². The van der Waals surface area contributed by atoms with E-state index in [1.165, 1.54) is 12.8 Å². The quantitative estimate of drug-likeness (QED) is 0.506. The summed E-state index contributed by atoms with van der Waals surface area (Å²) in [4.78, 5) is 22.8. The minimum Gasteiger partial charge on any atom is -0.392 e. The fourth-order valence-corrected chi connectivity index (χ4v) is 3.76. The zero-order chi connectivity index (χ0) is 19.2. The molecule has 1 unspecified atom stereocenters. The average Bonchev–Trinajstić information content (AvgIpc) is 3.42. The second-order valence-corrected chi connectivity index (χ2v) is 8.47. The molecular formula is C18H20FN3O3S2. The molecule has 0 radical (unpaired) electrons. The van der Waals surface area contributed by atoms with Gasteiger partial charge in [0.1, 0.15) is 6.10 Å². The minimum absolute atomic E-state index is 0.0493. The van der Waals surface area contributed by atoms with Crippen molar-refractivity contribution in [2.24, 2.45) is 5.16 Å². The predicted molar refractivity (Wildman–Crippen MR) is 106 cm³/mol. The Hall–Kier alpha value is -1.97. The van der Waals surface area contributed by atoms with Crippen molar-refractivity contribution in [1.82, 2.24) is 4.98 Å². The van der Waals surface area contributed by atoms with Gasteiger partial charge in [0.15, 0.2) is 16.0 Å². The van der Waals surface area contributed by atoms with E-state index in [1.54, 1.807) is 6.92 Å². The second kappa shape index (κ2) is 9.29. The normalized spacial score (nSPS) is 18.4. The molecule has 0 aromatic carbocycles. The molecule has 0 bridgehead atoms. The van der Waals surface area contributed by atoms with Crippen molar-refractivity contribution in [3.05, 3.63) is 46.1 Å². The number of hydrogen-bond donors (Lipinski definition) is 2. The highest BCUT2D eigenvalue weighted by molar-refractivity contribution is 8.04. The van der Waals surface area contributed by atoms with Gasteiger partial charge in [0.05, 0.1) is 12.8 Å². The van der Waals surface area contributed by atoms with Crippen LogP contribution in [-0.4, -0.2) is 39.7 Å². The first kappa shape index (κ1) is 19.8. The molecule has 27 heavy (non-hydrogen) atoms. The number of carbonyl (C=O) groups is 1. The molecule has 0 aliphatic heterocycles. The molecule has 1 aromatic rings. The van der Waals surface area contributed by atoms with Crippen molar-refractivity contribution in [1.29, 1.82) is 0 Å². The van der Waals surface area contributed by atoms with Gasteiger partial charge in [-0.1, -0.05) is 34.7 Å². The maximum Gasteiger partial charge on any atom is 0.280 e. The van der Waals surface area contributed by atoms with Crippen molar-refractivity contribution in [3.8, 4) is 0 Å². The lowest BCUT2D eigenvalue weighted by Crippen LogP contribution is -2.25. The molecular weight excluding hydrogens is 389 g/mol. The van der Waals surface area contributed by atoms with Crippen molar-refractivity contribution in [2.75, 3.05) is 11.9 Å². The number of aliphatic hydroxyl groups excluding tert-OH is 1. The number of oxime groups is 1. The Morgan fingerprint density at radius 3 is 3.00 bits per heavy atom. The predicted octanol–water partition coefficient (Wildman–Crippen LogP) is 3.64. The molecule has 1 amide bonds. The van der Waals surface area contributed by atoms with E-state index in [0.717, 1.165) is 22.4 Å². The molecule has 1 saturated carbocycles. The van der Waals surface area contributed by atoms with E-state index in [9.17, 15) is 9.18 Å². The summed E-state index contributed by atoms with van der Waals surface area (Å²) in [5.74, 6) is -0.552. The first-order valence-electron chi connectivity index (χ1n) is 8.58. The third kappa shape index (κ3) is 6.02. The monoisotopic (exact) mass is 409 g/mol. The SMILES string of the molecule is CC(CO)O/N=C(/C(=O)Nc1ncc(F)s1)C1=CCC=C(SC2CC2)C=C1. The number of amides is 1. The summed E-state index contributed by atoms with van der Waals surface area (Å²) < 4.78 is 13.1. The maximum absolute atomic E-state index is 13.1. The fourth-order valence-electron chi connectivity index (χ4n) is 2.12. The zero-order valence-corrected chi connectivity index (χ0v) is 16.4. The van der Waals surface area contributed by atoms with Crippen molar-refractivity contribution in [3.63, 3.8) is 0 Å². The Morgan fingerprint density at radius 1 is 1.52 bits per heavy atom. The summed E-state index contributed by atoms with van der Waals surface area (Å²) in [6.45, 7) is 1.41. The molecule has 9 heteroatoms. The summed E-state index contributed by atoms with van der Waals surface area (Å²) in [6, 6.07) is 0. The van der Waals surface area contributed by atoms with Crippen molar-refractivity contribution >= 4 is 39.8 Å². The first-order chi connectivity index (χ1) is 13.0. The number of rotatable bonds is 8. The van der Waals surface area contributed by atoms with E-state index in [4.69, 9.17) is 9.94 Å². The van der Waals surface area contributed by atoms with Gasteiger partial charge in [0.25, 0.3) is 5.91 Å². The Labute approximate surface area is 164 Å². The summed E-state index contributed by atoms with van der Waals surface area (Å²) >= 11 is 2.57. The van der Waals surface area contributed by atoms with Crippen molar-refractivity contribution in [2.45, 2.75) is 37.5 Å². The molecule has 2 aliphatic rings. The molecule has 1 atom stereocenters. The lowest BCUT2D eigenvalue weighted by molar-refractivity contribution is -0.110. The van der Waals surface area contributed by atoms with Crippen LogP contribution >= 0.6 is 23.1 Å². The number of halogens is 1. The van der Waals surface area contributed by atoms with Gasteiger partial charge >= 0.3 is 0 Å². The zero-order valence-electron chi connectivity index (χ0n) is 14.7. The van der Waals surface area contributed by atoms with Gasteiger partial charge < -0.3 is 9.94 Å². The number of thioether (sulfide) groups is 1. The lowest BCUT2D eigenvalue weighted by atomic mass is 10.1. The molecule has 2 aliphatic carbocycles. The van der Waals surface area contributed by atoms with Crippen LogP contribution in [0.25, 0.3) is 0 Å². The van der Waals surface area contributed by atoms with Gasteiger partial charge in [-0.2, -0.15) is 4.39 Å². The highest BCUT2D eigenvalue weighted by atomic mass is 32.2. The molecule has 0 spiro atoms. The van der Waals surface area contributed by atoms with E-state index < -0.39 is 17.1 Å². The largest absolute Gasteiger partial charge is 0.392 e. The van der Waals surface area contributed by atoms with Crippen LogP contribution < -0.4 is 5.32 Å². The van der Waals surface area contributed by atoms with E-state index >= 15 is 0 Å². The molecule has 1 heterocycles. The van der Waals surface area contributed by atoms with E-state index in [2.05, 4.69) is 21.5 Å². The first-order valence-corrected chi connectivity index (χ1v) is 10.3. The standard InChI is InChI=1S/C18H20FN3O3S2/c1-11(10-23)25-22-16(17(24)21-18-20-9-15(19)27-18)12-3-2-4-13(6-5-12)26-14-7-8-14/h3-6,9,11,14,23H,2,7-8,10H2,1H3,(H,20,21,24)/b22-16+. The van der Waals surface area contributed by atoms with Gasteiger partial charge in [-0.3, -0.25) is 10.1 Å². The molecule has 1 aromatic heterocycles.